The minimum absolute atomic E-state index is 0.0616. The Bertz CT molecular complexity index is 1740. The van der Waals surface area contributed by atoms with Crippen LogP contribution in [0.5, 0.6) is 5.75 Å². The second-order valence-electron chi connectivity index (χ2n) is 10.4. The Hall–Kier alpha value is -4.47. The molecule has 11 heteroatoms. The molecule has 2 aromatic carbocycles. The van der Waals surface area contributed by atoms with Crippen molar-refractivity contribution in [2.75, 3.05) is 31.6 Å². The maximum Gasteiger partial charge on any atom is 0.272 e. The summed E-state index contributed by atoms with van der Waals surface area (Å²) in [4.78, 5) is 49.8. The standard InChI is InChI=1S/C33H31Cl2N5O4/c1-21-8-11-23-6-5-7-28(32(23)38-21)44-20-24-25(34)12-14-27(31(24)35)39(2)30(42)19-37-29(41)15-10-22-9-13-26(36-18-22)33(43)40-16-3-4-17-40/h5-15,18H,3-4,16-17,19-20H2,1-2H3,(H,37,41)/b15-10+. The van der Waals surface area contributed by atoms with Gasteiger partial charge in [0.2, 0.25) is 11.8 Å². The molecule has 1 aliphatic heterocycles. The summed E-state index contributed by atoms with van der Waals surface area (Å²) in [7, 11) is 1.57. The van der Waals surface area contributed by atoms with Gasteiger partial charge in [-0.3, -0.25) is 19.4 Å². The van der Waals surface area contributed by atoms with E-state index in [2.05, 4.69) is 15.3 Å². The number of nitrogens with one attached hydrogen (secondary N) is 1. The van der Waals surface area contributed by atoms with Crippen LogP contribution in [0.15, 0.2) is 66.9 Å². The first kappa shape index (κ1) is 31.0. The zero-order valence-electron chi connectivity index (χ0n) is 24.3. The predicted octanol–water partition coefficient (Wildman–Crippen LogP) is 5.85. The molecule has 0 spiro atoms. The number of hydrogen-bond acceptors (Lipinski definition) is 6. The van der Waals surface area contributed by atoms with Crippen molar-refractivity contribution in [3.63, 3.8) is 0 Å². The summed E-state index contributed by atoms with van der Waals surface area (Å²) in [6.07, 6.45) is 6.42. The van der Waals surface area contributed by atoms with Crippen LogP contribution in [0.2, 0.25) is 10.0 Å². The lowest BCUT2D eigenvalue weighted by Gasteiger charge is -2.21. The van der Waals surface area contributed by atoms with E-state index >= 15 is 0 Å². The molecule has 1 fully saturated rings. The van der Waals surface area contributed by atoms with Gasteiger partial charge in [0, 0.05) is 54.1 Å². The topological polar surface area (TPSA) is 105 Å². The van der Waals surface area contributed by atoms with Crippen molar-refractivity contribution in [3.8, 4) is 5.75 Å². The van der Waals surface area contributed by atoms with Crippen molar-refractivity contribution < 1.29 is 19.1 Å². The summed E-state index contributed by atoms with van der Waals surface area (Å²) in [5.41, 5.74) is 3.56. The normalized spacial score (nSPS) is 13.0. The lowest BCUT2D eigenvalue weighted by atomic mass is 10.1. The number of pyridine rings is 2. The second kappa shape index (κ2) is 13.9. The SMILES string of the molecule is Cc1ccc2cccc(OCc3c(Cl)ccc(N(C)C(=O)CNC(=O)/C=C/c4ccc(C(=O)N5CCCC5)nc4)c3Cl)c2n1. The van der Waals surface area contributed by atoms with E-state index in [0.717, 1.165) is 42.5 Å². The minimum Gasteiger partial charge on any atom is -0.487 e. The predicted molar refractivity (Wildman–Crippen MR) is 172 cm³/mol. The van der Waals surface area contributed by atoms with Gasteiger partial charge in [0.1, 0.15) is 23.6 Å². The Morgan fingerprint density at radius 2 is 1.84 bits per heavy atom. The van der Waals surface area contributed by atoms with Gasteiger partial charge in [0.25, 0.3) is 5.91 Å². The van der Waals surface area contributed by atoms with Gasteiger partial charge in [-0.15, -0.1) is 0 Å². The third-order valence-corrected chi connectivity index (χ3v) is 8.11. The van der Waals surface area contributed by atoms with Gasteiger partial charge in [-0.1, -0.05) is 47.5 Å². The number of para-hydroxylation sites is 1. The first-order valence-corrected chi connectivity index (χ1v) is 14.9. The number of halogens is 2. The van der Waals surface area contributed by atoms with E-state index in [1.807, 2.05) is 37.3 Å². The van der Waals surface area contributed by atoms with Crippen molar-refractivity contribution in [1.29, 1.82) is 0 Å². The van der Waals surface area contributed by atoms with Crippen molar-refractivity contribution >= 4 is 63.6 Å². The van der Waals surface area contributed by atoms with Gasteiger partial charge in [0.05, 0.1) is 17.3 Å². The van der Waals surface area contributed by atoms with Crippen LogP contribution in [0, 0.1) is 6.92 Å². The van der Waals surface area contributed by atoms with Crippen LogP contribution in [-0.4, -0.2) is 59.3 Å². The molecule has 5 rings (SSSR count). The smallest absolute Gasteiger partial charge is 0.272 e. The minimum atomic E-state index is -0.459. The molecule has 0 radical (unpaired) electrons. The van der Waals surface area contributed by atoms with E-state index in [0.29, 0.717) is 33.3 Å². The lowest BCUT2D eigenvalue weighted by Crippen LogP contribution is -2.37. The molecule has 0 saturated carbocycles. The van der Waals surface area contributed by atoms with Gasteiger partial charge in [-0.25, -0.2) is 4.98 Å². The average Bonchev–Trinajstić information content (AvgIpc) is 3.57. The lowest BCUT2D eigenvalue weighted by molar-refractivity contribution is -0.122. The summed E-state index contributed by atoms with van der Waals surface area (Å²) >= 11 is 13.2. The number of likely N-dealkylation sites (N-methyl/N-ethyl adjacent to an activating group) is 1. The number of amides is 3. The Kier molecular flexibility index (Phi) is 9.77. The number of benzene rings is 2. The maximum absolute atomic E-state index is 12.9. The Morgan fingerprint density at radius 1 is 1.05 bits per heavy atom. The molecule has 9 nitrogen and oxygen atoms in total. The number of anilines is 1. The summed E-state index contributed by atoms with van der Waals surface area (Å²) in [5.74, 6) is -0.343. The van der Waals surface area contributed by atoms with E-state index in [4.69, 9.17) is 27.9 Å². The number of carbonyl (C=O) groups excluding carboxylic acids is 3. The Balaban J connectivity index is 1.18. The number of aryl methyl sites for hydroxylation is 1. The van der Waals surface area contributed by atoms with E-state index < -0.39 is 5.91 Å². The summed E-state index contributed by atoms with van der Waals surface area (Å²) < 4.78 is 6.08. The highest BCUT2D eigenvalue weighted by Gasteiger charge is 2.21. The summed E-state index contributed by atoms with van der Waals surface area (Å²) in [6, 6.07) is 16.2. The molecule has 44 heavy (non-hydrogen) atoms. The van der Waals surface area contributed by atoms with Crippen LogP contribution in [0.3, 0.4) is 0 Å². The van der Waals surface area contributed by atoms with Gasteiger partial charge >= 0.3 is 0 Å². The third-order valence-electron chi connectivity index (χ3n) is 7.34. The summed E-state index contributed by atoms with van der Waals surface area (Å²) in [6.45, 7) is 3.22. The number of fused-ring (bicyclic) bond motifs is 1. The molecule has 0 aliphatic carbocycles. The number of nitrogens with zero attached hydrogens (tertiary/aromatic N) is 4. The monoisotopic (exact) mass is 631 g/mol. The molecule has 1 aliphatic rings. The van der Waals surface area contributed by atoms with Gasteiger partial charge in [0.15, 0.2) is 0 Å². The van der Waals surface area contributed by atoms with Crippen LogP contribution in [-0.2, 0) is 16.2 Å². The van der Waals surface area contributed by atoms with E-state index in [1.165, 1.54) is 17.2 Å². The molecule has 3 amide bonds. The summed E-state index contributed by atoms with van der Waals surface area (Å²) in [5, 5.41) is 4.19. The van der Waals surface area contributed by atoms with Crippen molar-refractivity contribution in [2.24, 2.45) is 0 Å². The molecule has 2 aromatic heterocycles. The number of aromatic nitrogens is 2. The highest BCUT2D eigenvalue weighted by molar-refractivity contribution is 6.38. The van der Waals surface area contributed by atoms with Crippen LogP contribution >= 0.6 is 23.2 Å². The van der Waals surface area contributed by atoms with Gasteiger partial charge < -0.3 is 19.9 Å². The van der Waals surface area contributed by atoms with Crippen LogP contribution in [0.25, 0.3) is 17.0 Å². The molecule has 0 bridgehead atoms. The largest absolute Gasteiger partial charge is 0.487 e. The highest BCUT2D eigenvalue weighted by atomic mass is 35.5. The van der Waals surface area contributed by atoms with Crippen LogP contribution < -0.4 is 15.0 Å². The van der Waals surface area contributed by atoms with E-state index in [9.17, 15) is 14.4 Å². The van der Waals surface area contributed by atoms with Crippen molar-refractivity contribution in [3.05, 3.63) is 99.4 Å². The molecule has 4 aromatic rings. The van der Waals surface area contributed by atoms with Crippen molar-refractivity contribution in [1.82, 2.24) is 20.2 Å². The Labute approximate surface area is 265 Å². The first-order valence-electron chi connectivity index (χ1n) is 14.1. The number of hydrogen-bond donors (Lipinski definition) is 1. The van der Waals surface area contributed by atoms with Crippen LogP contribution in [0.1, 0.15) is 40.2 Å². The maximum atomic E-state index is 12.9. The number of ether oxygens (including phenoxy) is 1. The van der Waals surface area contributed by atoms with Gasteiger partial charge in [-0.05, 0) is 61.7 Å². The molecule has 0 unspecified atom stereocenters. The van der Waals surface area contributed by atoms with Crippen LogP contribution in [0.4, 0.5) is 5.69 Å². The van der Waals surface area contributed by atoms with E-state index in [-0.39, 0.29) is 30.0 Å². The van der Waals surface area contributed by atoms with E-state index in [1.54, 1.807) is 42.3 Å². The third kappa shape index (κ3) is 7.18. The fourth-order valence-corrected chi connectivity index (χ4v) is 5.43. The fraction of sp³-hybridized carbons (Fsp3) is 0.242. The molecular formula is C33H31Cl2N5O4. The first-order chi connectivity index (χ1) is 21.2. The molecule has 1 saturated heterocycles. The number of rotatable bonds is 9. The zero-order valence-corrected chi connectivity index (χ0v) is 25.9. The zero-order chi connectivity index (χ0) is 31.2. The quantitative estimate of drug-likeness (QED) is 0.232. The molecule has 3 heterocycles. The fourth-order valence-electron chi connectivity index (χ4n) is 4.82. The second-order valence-corrected chi connectivity index (χ2v) is 11.2. The highest BCUT2D eigenvalue weighted by Crippen LogP contribution is 2.35. The molecule has 0 atom stereocenters. The molecule has 1 N–H and O–H groups in total. The van der Waals surface area contributed by atoms with Gasteiger partial charge in [-0.2, -0.15) is 0 Å². The Morgan fingerprint density at radius 3 is 2.59 bits per heavy atom. The average molecular weight is 633 g/mol. The number of likely N-dealkylation sites (tertiary alicyclic amines) is 1. The van der Waals surface area contributed by atoms with Crippen molar-refractivity contribution in [2.45, 2.75) is 26.4 Å². The molecular weight excluding hydrogens is 601 g/mol. The number of carbonyl (C=O) groups is 3. The molecule has 226 valence electrons.